The summed E-state index contributed by atoms with van der Waals surface area (Å²) in [7, 11) is 0. The molecule has 0 aromatic heterocycles. The van der Waals surface area contributed by atoms with Gasteiger partial charge in [-0.15, -0.1) is 0 Å². The fourth-order valence-electron chi connectivity index (χ4n) is 0.959. The Morgan fingerprint density at radius 2 is 2.36 bits per heavy atom. The van der Waals surface area contributed by atoms with E-state index in [1.807, 2.05) is 0 Å². The molecule has 1 heterocycles. The van der Waals surface area contributed by atoms with E-state index in [1.54, 1.807) is 0 Å². The molecule has 0 spiro atoms. The number of hydrogen-bond donors (Lipinski definition) is 0. The lowest BCUT2D eigenvalue weighted by atomic mass is 10.5. The van der Waals surface area contributed by atoms with Crippen molar-refractivity contribution in [3.05, 3.63) is 12.8 Å². The Morgan fingerprint density at radius 1 is 1.64 bits per heavy atom. The van der Waals surface area contributed by atoms with Gasteiger partial charge < -0.3 is 14.2 Å². The summed E-state index contributed by atoms with van der Waals surface area (Å²) in [6.07, 6.45) is 3.72. The topological polar surface area (TPSA) is 31.0 Å². The lowest BCUT2D eigenvalue weighted by molar-refractivity contribution is -0.134. The molecule has 0 bridgehead atoms. The summed E-state index contributed by atoms with van der Waals surface area (Å²) >= 11 is 0. The quantitative estimate of drug-likeness (QED) is 0.338. The van der Waals surface area contributed by atoms with E-state index >= 15 is 0 Å². The van der Waals surface area contributed by atoms with E-state index in [1.165, 1.54) is 6.26 Å². The molecule has 0 aromatic carbocycles. The summed E-state index contributed by atoms with van der Waals surface area (Å²) in [4.78, 5) is 0. The first-order chi connectivity index (χ1) is 5.35. The molecular formula is C8H12O3. The van der Waals surface area contributed by atoms with Gasteiger partial charge in [-0.05, 0) is 0 Å². The third-order valence-corrected chi connectivity index (χ3v) is 1.89. The van der Waals surface area contributed by atoms with E-state index in [0.29, 0.717) is 12.7 Å². The number of rotatable bonds is 5. The van der Waals surface area contributed by atoms with Crippen LogP contribution in [0.5, 0.6) is 0 Å². The predicted octanol–water partition coefficient (Wildman–Crippen LogP) is 1.05. The molecule has 62 valence electrons. The van der Waals surface area contributed by atoms with Crippen LogP contribution in [0.3, 0.4) is 0 Å². The summed E-state index contributed by atoms with van der Waals surface area (Å²) in [6, 6.07) is 0. The average molecular weight is 156 g/mol. The fraction of sp³-hybridized carbons (Fsp3) is 0.750. The number of ether oxygens (including phenoxy) is 3. The van der Waals surface area contributed by atoms with Crippen LogP contribution in [0.1, 0.15) is 12.8 Å². The van der Waals surface area contributed by atoms with E-state index in [2.05, 4.69) is 6.58 Å². The summed E-state index contributed by atoms with van der Waals surface area (Å²) in [5.74, 6) is -0.326. The van der Waals surface area contributed by atoms with Crippen LogP contribution < -0.4 is 0 Å². The van der Waals surface area contributed by atoms with Crippen molar-refractivity contribution in [1.29, 1.82) is 0 Å². The lowest BCUT2D eigenvalue weighted by Gasteiger charge is -2.14. The van der Waals surface area contributed by atoms with Crippen LogP contribution in [0.2, 0.25) is 0 Å². The summed E-state index contributed by atoms with van der Waals surface area (Å²) in [6.45, 7) is 4.99. The molecule has 1 aliphatic heterocycles. The van der Waals surface area contributed by atoms with Crippen molar-refractivity contribution >= 4 is 0 Å². The van der Waals surface area contributed by atoms with Gasteiger partial charge in [-0.1, -0.05) is 6.58 Å². The summed E-state index contributed by atoms with van der Waals surface area (Å²) in [5, 5.41) is 0. The Hall–Kier alpha value is -0.540. The van der Waals surface area contributed by atoms with Crippen LogP contribution in [0.4, 0.5) is 0 Å². The minimum atomic E-state index is -0.326. The fourth-order valence-corrected chi connectivity index (χ4v) is 0.959. The first-order valence-corrected chi connectivity index (χ1v) is 3.89. The normalized spacial score (nSPS) is 31.1. The first-order valence-electron chi connectivity index (χ1n) is 3.89. The third-order valence-electron chi connectivity index (χ3n) is 1.89. The van der Waals surface area contributed by atoms with Crippen LogP contribution in [-0.2, 0) is 14.2 Å². The Morgan fingerprint density at radius 3 is 2.82 bits per heavy atom. The zero-order chi connectivity index (χ0) is 7.73. The Kier molecular flexibility index (Phi) is 1.62. The molecule has 1 saturated carbocycles. The molecule has 2 aliphatic rings. The van der Waals surface area contributed by atoms with Crippen molar-refractivity contribution in [3.63, 3.8) is 0 Å². The smallest absolute Gasteiger partial charge is 0.210 e. The summed E-state index contributed by atoms with van der Waals surface area (Å²) < 4.78 is 15.7. The SMILES string of the molecule is C=COC1(OCC2CO2)CC1. The van der Waals surface area contributed by atoms with E-state index in [9.17, 15) is 0 Å². The highest BCUT2D eigenvalue weighted by atomic mass is 16.7. The Balaban J connectivity index is 1.70. The standard InChI is InChI=1S/C8H12O3/c1-2-10-8(3-4-8)11-6-7-5-9-7/h2,7H,1,3-6H2. The zero-order valence-corrected chi connectivity index (χ0v) is 6.41. The average Bonchev–Trinajstić information content (AvgIpc) is 2.81. The molecule has 0 amide bonds. The van der Waals surface area contributed by atoms with Crippen LogP contribution in [0.25, 0.3) is 0 Å². The van der Waals surface area contributed by atoms with Gasteiger partial charge in [0.15, 0.2) is 0 Å². The van der Waals surface area contributed by atoms with Crippen molar-refractivity contribution in [3.8, 4) is 0 Å². The molecule has 2 fully saturated rings. The molecule has 2 rings (SSSR count). The zero-order valence-electron chi connectivity index (χ0n) is 6.41. The molecule has 1 aliphatic carbocycles. The highest BCUT2D eigenvalue weighted by molar-refractivity contribution is 4.89. The van der Waals surface area contributed by atoms with Crippen molar-refractivity contribution < 1.29 is 14.2 Å². The second-order valence-electron chi connectivity index (χ2n) is 2.96. The van der Waals surface area contributed by atoms with Gasteiger partial charge in [0, 0.05) is 12.8 Å². The molecule has 0 aromatic rings. The highest BCUT2D eigenvalue weighted by Gasteiger charge is 2.47. The van der Waals surface area contributed by atoms with Gasteiger partial charge >= 0.3 is 0 Å². The predicted molar refractivity (Wildman–Crippen MR) is 38.9 cm³/mol. The van der Waals surface area contributed by atoms with E-state index in [0.717, 1.165) is 19.4 Å². The number of epoxide rings is 1. The van der Waals surface area contributed by atoms with Gasteiger partial charge in [0.2, 0.25) is 5.79 Å². The second kappa shape index (κ2) is 2.50. The van der Waals surface area contributed by atoms with Crippen LogP contribution in [-0.4, -0.2) is 25.1 Å². The molecule has 3 heteroatoms. The monoisotopic (exact) mass is 156 g/mol. The van der Waals surface area contributed by atoms with Gasteiger partial charge in [0.25, 0.3) is 0 Å². The molecule has 0 N–H and O–H groups in total. The molecule has 0 radical (unpaired) electrons. The van der Waals surface area contributed by atoms with Gasteiger partial charge in [-0.25, -0.2) is 0 Å². The molecule has 1 saturated heterocycles. The van der Waals surface area contributed by atoms with Crippen molar-refractivity contribution in [2.75, 3.05) is 13.2 Å². The maximum Gasteiger partial charge on any atom is 0.210 e. The first kappa shape index (κ1) is 7.13. The third kappa shape index (κ3) is 1.73. The van der Waals surface area contributed by atoms with Gasteiger partial charge in [-0.3, -0.25) is 0 Å². The molecule has 1 unspecified atom stereocenters. The van der Waals surface area contributed by atoms with Crippen LogP contribution in [0.15, 0.2) is 12.8 Å². The van der Waals surface area contributed by atoms with Crippen LogP contribution >= 0.6 is 0 Å². The minimum absolute atomic E-state index is 0.320. The second-order valence-corrected chi connectivity index (χ2v) is 2.96. The van der Waals surface area contributed by atoms with Gasteiger partial charge in [0.05, 0.1) is 19.5 Å². The molecule has 3 nitrogen and oxygen atoms in total. The minimum Gasteiger partial charge on any atom is -0.471 e. The highest BCUT2D eigenvalue weighted by Crippen LogP contribution is 2.41. The van der Waals surface area contributed by atoms with Gasteiger partial charge in [0.1, 0.15) is 6.10 Å². The van der Waals surface area contributed by atoms with E-state index < -0.39 is 0 Å². The molecular weight excluding hydrogens is 144 g/mol. The van der Waals surface area contributed by atoms with Crippen LogP contribution in [0, 0.1) is 0 Å². The Labute approximate surface area is 65.9 Å². The Bertz CT molecular complexity index is 159. The largest absolute Gasteiger partial charge is 0.471 e. The summed E-state index contributed by atoms with van der Waals surface area (Å²) in [5.41, 5.74) is 0. The molecule has 11 heavy (non-hydrogen) atoms. The maximum absolute atomic E-state index is 5.49. The van der Waals surface area contributed by atoms with Crippen molar-refractivity contribution in [1.82, 2.24) is 0 Å². The van der Waals surface area contributed by atoms with E-state index in [4.69, 9.17) is 14.2 Å². The lowest BCUT2D eigenvalue weighted by Crippen LogP contribution is -2.18. The van der Waals surface area contributed by atoms with Crippen molar-refractivity contribution in [2.24, 2.45) is 0 Å². The van der Waals surface area contributed by atoms with Crippen molar-refractivity contribution in [2.45, 2.75) is 24.7 Å². The maximum atomic E-state index is 5.49. The van der Waals surface area contributed by atoms with Gasteiger partial charge in [-0.2, -0.15) is 0 Å². The molecule has 1 atom stereocenters. The van der Waals surface area contributed by atoms with E-state index in [-0.39, 0.29) is 5.79 Å². The number of hydrogen-bond acceptors (Lipinski definition) is 3.